The molecule has 1 saturated heterocycles. The summed E-state index contributed by atoms with van der Waals surface area (Å²) in [5.74, 6) is 0.647. The van der Waals surface area contributed by atoms with Crippen LogP contribution in [0.5, 0.6) is 0 Å². The van der Waals surface area contributed by atoms with Gasteiger partial charge in [-0.3, -0.25) is 9.59 Å². The maximum absolute atomic E-state index is 9.00. The largest absolute Gasteiger partial charge is 2.00 e. The molecule has 2 aliphatic heterocycles. The van der Waals surface area contributed by atoms with Crippen LogP contribution in [0.4, 0.5) is 0 Å². The first-order valence-corrected chi connectivity index (χ1v) is 11.7. The maximum atomic E-state index is 9.00. The molecule has 8 N–H and O–H groups in total. The molecular formula is C22H42N6O4Zn. The Bertz CT molecular complexity index is 560. The quantitative estimate of drug-likeness (QED) is 0.300. The summed E-state index contributed by atoms with van der Waals surface area (Å²) in [7, 11) is 0. The Kier molecular flexibility index (Phi) is 17.4. The second-order valence-corrected chi connectivity index (χ2v) is 8.86. The number of nitrogens with two attached hydrogens (primary N) is 2. The van der Waals surface area contributed by atoms with Crippen molar-refractivity contribution in [2.75, 3.05) is 0 Å². The Morgan fingerprint density at radius 1 is 0.909 bits per heavy atom. The van der Waals surface area contributed by atoms with Crippen LogP contribution in [-0.2, 0) is 29.1 Å². The summed E-state index contributed by atoms with van der Waals surface area (Å²) in [5, 5.41) is 14.8. The number of hydrogen-bond acceptors (Lipinski definition) is 6. The molecule has 0 amide bonds. The van der Waals surface area contributed by atoms with E-state index in [1.54, 1.807) is 0 Å². The molecular weight excluding hydrogens is 478 g/mol. The Hall–Kier alpha value is -1.26. The molecule has 4 rings (SSSR count). The predicted molar refractivity (Wildman–Crippen MR) is 125 cm³/mol. The fraction of sp³-hybridized carbons (Fsp3) is 0.818. The third-order valence-corrected chi connectivity index (χ3v) is 5.95. The van der Waals surface area contributed by atoms with Crippen molar-refractivity contribution >= 4 is 11.9 Å². The zero-order valence-electron chi connectivity index (χ0n) is 20.2. The van der Waals surface area contributed by atoms with Gasteiger partial charge in [0.25, 0.3) is 11.9 Å². The average Bonchev–Trinajstić information content (AvgIpc) is 3.37. The van der Waals surface area contributed by atoms with E-state index in [1.807, 2.05) is 0 Å². The zero-order valence-corrected chi connectivity index (χ0v) is 23.2. The summed E-state index contributed by atoms with van der Waals surface area (Å²) in [5.41, 5.74) is 25.7. The van der Waals surface area contributed by atoms with E-state index < -0.39 is 11.9 Å². The number of hydrogen-bond donors (Lipinski definition) is 6. The molecule has 33 heavy (non-hydrogen) atoms. The first kappa shape index (κ1) is 31.7. The smallest absolute Gasteiger partial charge is 0.582 e. The fourth-order valence-electron chi connectivity index (χ4n) is 4.52. The zero-order chi connectivity index (χ0) is 23.9. The van der Waals surface area contributed by atoms with Gasteiger partial charge < -0.3 is 43.4 Å². The molecule has 0 bridgehead atoms. The summed E-state index contributed by atoms with van der Waals surface area (Å²) < 4.78 is 0. The number of nitrogens with one attached hydrogen (secondary N) is 2. The second-order valence-electron chi connectivity index (χ2n) is 8.86. The van der Waals surface area contributed by atoms with Gasteiger partial charge in [0, 0.05) is 13.8 Å². The summed E-state index contributed by atoms with van der Waals surface area (Å²) in [4.78, 5) is 18.0. The Balaban J connectivity index is 0.000000462. The number of nitrogens with zero attached hydrogens (tertiary/aromatic N) is 2. The van der Waals surface area contributed by atoms with E-state index in [0.717, 1.165) is 37.9 Å². The third-order valence-electron chi connectivity index (χ3n) is 5.95. The number of rotatable bonds is 2. The normalized spacial score (nSPS) is 27.0. The van der Waals surface area contributed by atoms with Crippen molar-refractivity contribution < 1.29 is 39.3 Å². The minimum absolute atomic E-state index is 0. The average molecular weight is 520 g/mol. The summed E-state index contributed by atoms with van der Waals surface area (Å²) in [6, 6.07) is 0.936. The molecule has 186 valence electrons. The van der Waals surface area contributed by atoms with E-state index in [0.29, 0.717) is 12.1 Å². The van der Waals surface area contributed by atoms with Crippen LogP contribution in [0.3, 0.4) is 0 Å². The minimum atomic E-state index is -0.833. The first-order valence-electron chi connectivity index (χ1n) is 11.7. The van der Waals surface area contributed by atoms with E-state index in [4.69, 9.17) is 31.3 Å². The molecule has 2 aliphatic carbocycles. The van der Waals surface area contributed by atoms with E-state index in [2.05, 4.69) is 27.8 Å². The van der Waals surface area contributed by atoms with Gasteiger partial charge in [0.1, 0.15) is 0 Å². The molecule has 0 radical (unpaired) electrons. The molecule has 3 atom stereocenters. The minimum Gasteiger partial charge on any atom is -0.582 e. The molecule has 3 fully saturated rings. The van der Waals surface area contributed by atoms with E-state index in [-0.39, 0.29) is 25.6 Å². The molecule has 0 aromatic carbocycles. The van der Waals surface area contributed by atoms with Crippen LogP contribution < -0.4 is 22.3 Å². The molecule has 11 heteroatoms. The maximum Gasteiger partial charge on any atom is 2.00 e. The van der Waals surface area contributed by atoms with Crippen molar-refractivity contribution in [3.63, 3.8) is 0 Å². The summed E-state index contributed by atoms with van der Waals surface area (Å²) in [6.07, 6.45) is 16.9. The van der Waals surface area contributed by atoms with Crippen molar-refractivity contribution in [3.05, 3.63) is 22.7 Å². The summed E-state index contributed by atoms with van der Waals surface area (Å²) in [6.45, 7) is 2.17. The van der Waals surface area contributed by atoms with Crippen molar-refractivity contribution in [2.24, 2.45) is 23.3 Å². The van der Waals surface area contributed by atoms with Gasteiger partial charge in [-0.25, -0.2) is 0 Å². The van der Waals surface area contributed by atoms with Gasteiger partial charge in [0.15, 0.2) is 0 Å². The molecule has 2 saturated carbocycles. The topological polar surface area (TPSA) is 179 Å². The first-order chi connectivity index (χ1) is 15.2. The molecule has 0 aromatic rings. The third kappa shape index (κ3) is 15.3. The van der Waals surface area contributed by atoms with Gasteiger partial charge in [-0.1, -0.05) is 75.6 Å². The van der Waals surface area contributed by atoms with E-state index in [9.17, 15) is 0 Å². The number of carboxylic acids is 2. The van der Waals surface area contributed by atoms with Crippen molar-refractivity contribution in [3.8, 4) is 0 Å². The van der Waals surface area contributed by atoms with Crippen LogP contribution in [0, 0.1) is 11.8 Å². The molecule has 0 spiro atoms. The molecule has 0 aromatic heterocycles. The fourth-order valence-corrected chi connectivity index (χ4v) is 4.52. The van der Waals surface area contributed by atoms with Crippen LogP contribution in [0.15, 0.2) is 11.9 Å². The van der Waals surface area contributed by atoms with Crippen LogP contribution in [-0.4, -0.2) is 40.4 Å². The van der Waals surface area contributed by atoms with Crippen molar-refractivity contribution in [1.29, 1.82) is 0 Å². The standard InChI is InChI=1S/C9H18N3.C9H16N3.2C2H4O2.Zn/c2*10-9-6-8(11-12-9)7-4-2-1-3-5-7;2*1-2(3)4;/h7-9,11H,1-6,10H2;6-8,12H,1-5,10H2;2*1H3,(H,3,4);/q2*-1;;;+2. The Morgan fingerprint density at radius 2 is 1.36 bits per heavy atom. The van der Waals surface area contributed by atoms with Crippen molar-refractivity contribution in [2.45, 2.75) is 103 Å². The van der Waals surface area contributed by atoms with Crippen LogP contribution >= 0.6 is 0 Å². The summed E-state index contributed by atoms with van der Waals surface area (Å²) >= 11 is 0. The van der Waals surface area contributed by atoms with Gasteiger partial charge in [-0.2, -0.15) is 0 Å². The molecule has 4 aliphatic rings. The van der Waals surface area contributed by atoms with Crippen LogP contribution in [0.1, 0.15) is 84.5 Å². The van der Waals surface area contributed by atoms with Gasteiger partial charge in [0.2, 0.25) is 0 Å². The monoisotopic (exact) mass is 518 g/mol. The number of carboxylic acid groups (broad SMARTS) is 2. The number of aliphatic carboxylic acids is 2. The van der Waals surface area contributed by atoms with Gasteiger partial charge in [0.05, 0.1) is 5.82 Å². The van der Waals surface area contributed by atoms with E-state index >= 15 is 0 Å². The van der Waals surface area contributed by atoms with Crippen molar-refractivity contribution in [1.82, 2.24) is 10.9 Å². The second kappa shape index (κ2) is 18.1. The van der Waals surface area contributed by atoms with Gasteiger partial charge >= 0.3 is 19.5 Å². The van der Waals surface area contributed by atoms with Gasteiger partial charge in [-0.15, -0.1) is 0 Å². The molecule has 3 unspecified atom stereocenters. The van der Waals surface area contributed by atoms with Crippen LogP contribution in [0.2, 0.25) is 0 Å². The number of carbonyl (C=O) groups is 2. The Morgan fingerprint density at radius 3 is 1.73 bits per heavy atom. The Labute approximate surface area is 210 Å². The SMILES string of the molecule is CC(=O)O.CC(=O)O.NC1=CC(C2CCCCC2)[N-]N1.NC1CC(C2CCCCC2)N[N-]1.[Zn+2]. The van der Waals surface area contributed by atoms with E-state index in [1.165, 1.54) is 64.2 Å². The molecule has 2 heterocycles. The predicted octanol–water partition coefficient (Wildman–Crippen LogP) is 3.31. The molecule has 10 nitrogen and oxygen atoms in total. The van der Waals surface area contributed by atoms with Gasteiger partial charge in [-0.05, 0) is 31.2 Å². The van der Waals surface area contributed by atoms with Crippen LogP contribution in [0.25, 0.3) is 10.9 Å².